The first-order valence-corrected chi connectivity index (χ1v) is 7.56. The van der Waals surface area contributed by atoms with Crippen molar-refractivity contribution in [2.45, 2.75) is 32.4 Å². The molecule has 0 aliphatic heterocycles. The minimum Gasteiger partial charge on any atom is -0.477 e. The van der Waals surface area contributed by atoms with E-state index in [2.05, 4.69) is 15.3 Å². The van der Waals surface area contributed by atoms with Crippen LogP contribution in [0.1, 0.15) is 26.2 Å². The highest BCUT2D eigenvalue weighted by atomic mass is 32.1. The number of anilines is 1. The quantitative estimate of drug-likeness (QED) is 0.776. The molecule has 0 bridgehead atoms. The summed E-state index contributed by atoms with van der Waals surface area (Å²) in [5, 5.41) is 5.64. The van der Waals surface area contributed by atoms with Gasteiger partial charge in [0.05, 0.1) is 12.0 Å². The summed E-state index contributed by atoms with van der Waals surface area (Å²) < 4.78 is 41.7. The van der Waals surface area contributed by atoms with Gasteiger partial charge in [0.1, 0.15) is 4.83 Å². The Morgan fingerprint density at radius 2 is 2.14 bits per heavy atom. The SMILES string of the molecule is CCCNc1nc(OCCCC(F)(F)F)c2ccsc2n1. The number of aromatic nitrogens is 2. The van der Waals surface area contributed by atoms with E-state index in [0.29, 0.717) is 11.8 Å². The zero-order valence-electron chi connectivity index (χ0n) is 11.5. The summed E-state index contributed by atoms with van der Waals surface area (Å²) in [6.07, 6.45) is -4.17. The number of halogens is 3. The first-order chi connectivity index (χ1) is 9.99. The van der Waals surface area contributed by atoms with Gasteiger partial charge in [-0.1, -0.05) is 6.92 Å². The van der Waals surface area contributed by atoms with Crippen LogP contribution < -0.4 is 10.1 Å². The van der Waals surface area contributed by atoms with Gasteiger partial charge in [-0.3, -0.25) is 0 Å². The van der Waals surface area contributed by atoms with E-state index in [1.165, 1.54) is 11.3 Å². The molecule has 0 aliphatic carbocycles. The van der Waals surface area contributed by atoms with Crippen molar-refractivity contribution in [3.8, 4) is 5.88 Å². The highest BCUT2D eigenvalue weighted by Crippen LogP contribution is 2.28. The van der Waals surface area contributed by atoms with Gasteiger partial charge >= 0.3 is 6.18 Å². The molecule has 0 atom stereocenters. The number of alkyl halides is 3. The van der Waals surface area contributed by atoms with Crippen molar-refractivity contribution in [1.29, 1.82) is 0 Å². The number of fused-ring (bicyclic) bond motifs is 1. The fraction of sp³-hybridized carbons (Fsp3) is 0.538. The van der Waals surface area contributed by atoms with Crippen molar-refractivity contribution in [2.75, 3.05) is 18.5 Å². The summed E-state index contributed by atoms with van der Waals surface area (Å²) in [6.45, 7) is 2.73. The fourth-order valence-corrected chi connectivity index (χ4v) is 2.45. The largest absolute Gasteiger partial charge is 0.477 e. The van der Waals surface area contributed by atoms with Crippen molar-refractivity contribution in [1.82, 2.24) is 9.97 Å². The Morgan fingerprint density at radius 1 is 1.33 bits per heavy atom. The molecule has 0 aromatic carbocycles. The molecule has 2 heterocycles. The van der Waals surface area contributed by atoms with Crippen molar-refractivity contribution >= 4 is 27.5 Å². The predicted molar refractivity (Wildman–Crippen MR) is 77.0 cm³/mol. The second-order valence-electron chi connectivity index (χ2n) is 4.49. The van der Waals surface area contributed by atoms with E-state index in [0.717, 1.165) is 23.2 Å². The second kappa shape index (κ2) is 6.93. The number of rotatable bonds is 7. The molecule has 2 rings (SSSR count). The van der Waals surface area contributed by atoms with Crippen LogP contribution in [0.5, 0.6) is 5.88 Å². The molecule has 0 radical (unpaired) electrons. The van der Waals surface area contributed by atoms with Gasteiger partial charge in [0.15, 0.2) is 0 Å². The molecule has 0 saturated carbocycles. The number of hydrogen-bond donors (Lipinski definition) is 1. The van der Waals surface area contributed by atoms with Crippen molar-refractivity contribution in [3.63, 3.8) is 0 Å². The zero-order chi connectivity index (χ0) is 15.3. The van der Waals surface area contributed by atoms with Crippen LogP contribution in [-0.2, 0) is 0 Å². The van der Waals surface area contributed by atoms with Gasteiger partial charge < -0.3 is 10.1 Å². The van der Waals surface area contributed by atoms with E-state index >= 15 is 0 Å². The Bertz CT molecular complexity index is 586. The van der Waals surface area contributed by atoms with E-state index in [-0.39, 0.29) is 13.0 Å². The lowest BCUT2D eigenvalue weighted by Gasteiger charge is -2.10. The third kappa shape index (κ3) is 4.73. The van der Waals surface area contributed by atoms with Crippen LogP contribution >= 0.6 is 11.3 Å². The molecule has 0 aliphatic rings. The van der Waals surface area contributed by atoms with Crippen molar-refractivity contribution in [3.05, 3.63) is 11.4 Å². The van der Waals surface area contributed by atoms with Gasteiger partial charge in [-0.2, -0.15) is 18.2 Å². The molecule has 0 spiro atoms. The number of ether oxygens (including phenoxy) is 1. The third-order valence-electron chi connectivity index (χ3n) is 2.67. The van der Waals surface area contributed by atoms with Gasteiger partial charge in [-0.05, 0) is 24.3 Å². The van der Waals surface area contributed by atoms with Crippen molar-refractivity contribution < 1.29 is 17.9 Å². The summed E-state index contributed by atoms with van der Waals surface area (Å²) in [5.41, 5.74) is 0. The highest BCUT2D eigenvalue weighted by Gasteiger charge is 2.26. The summed E-state index contributed by atoms with van der Waals surface area (Å²) >= 11 is 1.44. The monoisotopic (exact) mass is 319 g/mol. The normalized spacial score (nSPS) is 11.8. The maximum absolute atomic E-state index is 12.1. The zero-order valence-corrected chi connectivity index (χ0v) is 12.4. The van der Waals surface area contributed by atoms with E-state index < -0.39 is 12.6 Å². The van der Waals surface area contributed by atoms with E-state index in [1.807, 2.05) is 18.4 Å². The van der Waals surface area contributed by atoms with E-state index in [1.54, 1.807) is 0 Å². The van der Waals surface area contributed by atoms with E-state index in [4.69, 9.17) is 4.74 Å². The Balaban J connectivity index is 2.04. The standard InChI is InChI=1S/C13H16F3N3OS/c1-2-6-17-12-18-10(9-4-8-21-11(9)19-12)20-7-3-5-13(14,15)16/h4,8H,2-3,5-7H2,1H3,(H,17,18,19). The van der Waals surface area contributed by atoms with Crippen LogP contribution in [0.3, 0.4) is 0 Å². The Morgan fingerprint density at radius 3 is 2.86 bits per heavy atom. The molecule has 0 amide bonds. The molecule has 2 aromatic heterocycles. The number of thiophene rings is 1. The minimum atomic E-state index is -4.15. The smallest absolute Gasteiger partial charge is 0.389 e. The topological polar surface area (TPSA) is 47.0 Å². The number of hydrogen-bond acceptors (Lipinski definition) is 5. The third-order valence-corrected chi connectivity index (χ3v) is 3.47. The minimum absolute atomic E-state index is 0.0192. The maximum atomic E-state index is 12.1. The molecule has 1 N–H and O–H groups in total. The molecule has 0 unspecified atom stereocenters. The number of nitrogens with zero attached hydrogens (tertiary/aromatic N) is 2. The summed E-state index contributed by atoms with van der Waals surface area (Å²) in [7, 11) is 0. The molecular formula is C13H16F3N3OS. The molecule has 21 heavy (non-hydrogen) atoms. The van der Waals surface area contributed by atoms with Crippen LogP contribution in [0.4, 0.5) is 19.1 Å². The maximum Gasteiger partial charge on any atom is 0.389 e. The molecule has 2 aromatic rings. The van der Waals surface area contributed by atoms with Gasteiger partial charge in [-0.15, -0.1) is 11.3 Å². The number of nitrogens with one attached hydrogen (secondary N) is 1. The summed E-state index contributed by atoms with van der Waals surface area (Å²) in [5.74, 6) is 0.777. The Labute approximate surface area is 124 Å². The Hall–Kier alpha value is -1.57. The van der Waals surface area contributed by atoms with E-state index in [9.17, 15) is 13.2 Å². The van der Waals surface area contributed by atoms with Crippen molar-refractivity contribution in [2.24, 2.45) is 0 Å². The first-order valence-electron chi connectivity index (χ1n) is 6.68. The van der Waals surface area contributed by atoms with Gasteiger partial charge in [0.25, 0.3) is 0 Å². The van der Waals surface area contributed by atoms with Crippen LogP contribution in [-0.4, -0.2) is 29.3 Å². The lowest BCUT2D eigenvalue weighted by molar-refractivity contribution is -0.136. The molecule has 0 fully saturated rings. The predicted octanol–water partition coefficient (Wildman–Crippen LogP) is 4.23. The molecule has 0 saturated heterocycles. The summed E-state index contributed by atoms with van der Waals surface area (Å²) in [4.78, 5) is 9.32. The molecule has 116 valence electrons. The molecular weight excluding hydrogens is 303 g/mol. The fourth-order valence-electron chi connectivity index (χ4n) is 1.70. The summed E-state index contributed by atoms with van der Waals surface area (Å²) in [6, 6.07) is 1.81. The lowest BCUT2D eigenvalue weighted by atomic mass is 10.3. The van der Waals surface area contributed by atoms with Crippen LogP contribution in [0.15, 0.2) is 11.4 Å². The highest BCUT2D eigenvalue weighted by molar-refractivity contribution is 7.16. The van der Waals surface area contributed by atoms with Gasteiger partial charge in [0.2, 0.25) is 11.8 Å². The molecule has 4 nitrogen and oxygen atoms in total. The van der Waals surface area contributed by atoms with Crippen LogP contribution in [0.2, 0.25) is 0 Å². The average Bonchev–Trinajstić information content (AvgIpc) is 2.88. The Kier molecular flexibility index (Phi) is 5.22. The lowest BCUT2D eigenvalue weighted by Crippen LogP contribution is -2.11. The average molecular weight is 319 g/mol. The van der Waals surface area contributed by atoms with Crippen LogP contribution in [0, 0.1) is 0 Å². The second-order valence-corrected chi connectivity index (χ2v) is 5.38. The first kappa shape index (κ1) is 15.8. The van der Waals surface area contributed by atoms with Crippen LogP contribution in [0.25, 0.3) is 10.2 Å². The molecule has 8 heteroatoms. The van der Waals surface area contributed by atoms with Gasteiger partial charge in [-0.25, -0.2) is 4.98 Å². The van der Waals surface area contributed by atoms with Gasteiger partial charge in [0, 0.05) is 13.0 Å².